The van der Waals surface area contributed by atoms with Gasteiger partial charge in [-0.2, -0.15) is 0 Å². The Morgan fingerprint density at radius 3 is 2.32 bits per heavy atom. The summed E-state index contributed by atoms with van der Waals surface area (Å²) in [4.78, 5) is 2.58. The van der Waals surface area contributed by atoms with Crippen LogP contribution in [0.5, 0.6) is 0 Å². The first-order valence-corrected chi connectivity index (χ1v) is 7.87. The first-order chi connectivity index (χ1) is 9.33. The van der Waals surface area contributed by atoms with E-state index in [1.54, 1.807) is 0 Å². The van der Waals surface area contributed by atoms with Gasteiger partial charge in [-0.3, -0.25) is 4.90 Å². The van der Waals surface area contributed by atoms with Crippen molar-refractivity contribution in [2.45, 2.75) is 51.7 Å². The van der Waals surface area contributed by atoms with Gasteiger partial charge in [-0.15, -0.1) is 0 Å². The van der Waals surface area contributed by atoms with E-state index in [9.17, 15) is 0 Å². The predicted molar refractivity (Wildman–Crippen MR) is 80.0 cm³/mol. The molecule has 0 aromatic heterocycles. The summed E-state index contributed by atoms with van der Waals surface area (Å²) in [6.45, 7) is 6.88. The van der Waals surface area contributed by atoms with Gasteiger partial charge in [0.2, 0.25) is 0 Å². The fraction of sp³-hybridized carbons (Fsp3) is 0.647. The molecule has 104 valence electrons. The molecule has 2 aliphatic rings. The van der Waals surface area contributed by atoms with Crippen molar-refractivity contribution < 1.29 is 0 Å². The van der Waals surface area contributed by atoms with E-state index < -0.39 is 0 Å². The molecule has 2 fully saturated rings. The summed E-state index contributed by atoms with van der Waals surface area (Å²) in [5.74, 6) is 0.988. The van der Waals surface area contributed by atoms with Crippen LogP contribution >= 0.6 is 0 Å². The van der Waals surface area contributed by atoms with Crippen molar-refractivity contribution in [3.05, 3.63) is 35.4 Å². The lowest BCUT2D eigenvalue weighted by Gasteiger charge is -2.20. The van der Waals surface area contributed by atoms with E-state index in [1.165, 1.54) is 49.9 Å². The highest BCUT2D eigenvalue weighted by molar-refractivity contribution is 5.22. The third-order valence-corrected chi connectivity index (χ3v) is 4.26. The molecule has 0 amide bonds. The first-order valence-electron chi connectivity index (χ1n) is 7.87. The van der Waals surface area contributed by atoms with Crippen LogP contribution in [0.1, 0.15) is 43.7 Å². The van der Waals surface area contributed by atoms with Gasteiger partial charge in [0.15, 0.2) is 0 Å². The van der Waals surface area contributed by atoms with Crippen molar-refractivity contribution in [1.29, 1.82) is 0 Å². The lowest BCUT2D eigenvalue weighted by Crippen LogP contribution is -2.25. The molecule has 2 nitrogen and oxygen atoms in total. The van der Waals surface area contributed by atoms with Gasteiger partial charge in [0.05, 0.1) is 0 Å². The second-order valence-electron chi connectivity index (χ2n) is 6.24. The number of nitrogens with zero attached hydrogens (tertiary/aromatic N) is 1. The Bertz CT molecular complexity index is 390. The van der Waals surface area contributed by atoms with Crippen LogP contribution in [-0.4, -0.2) is 24.0 Å². The van der Waals surface area contributed by atoms with Gasteiger partial charge in [0.25, 0.3) is 0 Å². The SMILES string of the molecule is CCN(Cc1ccc(CNC2CC2)cc1)CC1CC1. The van der Waals surface area contributed by atoms with Gasteiger partial charge in [0, 0.05) is 25.7 Å². The fourth-order valence-electron chi connectivity index (χ4n) is 2.54. The molecule has 3 rings (SSSR count). The first kappa shape index (κ1) is 13.1. The van der Waals surface area contributed by atoms with Crippen molar-refractivity contribution in [3.8, 4) is 0 Å². The molecule has 0 aliphatic heterocycles. The van der Waals surface area contributed by atoms with E-state index in [1.807, 2.05) is 0 Å². The van der Waals surface area contributed by atoms with Crippen LogP contribution in [0.2, 0.25) is 0 Å². The maximum absolute atomic E-state index is 3.57. The smallest absolute Gasteiger partial charge is 0.0233 e. The quantitative estimate of drug-likeness (QED) is 0.770. The topological polar surface area (TPSA) is 15.3 Å². The van der Waals surface area contributed by atoms with Crippen LogP contribution < -0.4 is 5.32 Å². The Morgan fingerprint density at radius 2 is 1.74 bits per heavy atom. The van der Waals surface area contributed by atoms with Crippen molar-refractivity contribution in [2.75, 3.05) is 13.1 Å². The summed E-state index contributed by atoms with van der Waals surface area (Å²) < 4.78 is 0. The Balaban J connectivity index is 1.48. The second-order valence-corrected chi connectivity index (χ2v) is 6.24. The van der Waals surface area contributed by atoms with Crippen LogP contribution in [0.15, 0.2) is 24.3 Å². The zero-order chi connectivity index (χ0) is 13.1. The van der Waals surface area contributed by atoms with Crippen molar-refractivity contribution >= 4 is 0 Å². The van der Waals surface area contributed by atoms with Gasteiger partial charge < -0.3 is 5.32 Å². The molecule has 0 atom stereocenters. The van der Waals surface area contributed by atoms with Crippen molar-refractivity contribution in [3.63, 3.8) is 0 Å². The van der Waals surface area contributed by atoms with Crippen LogP contribution in [0.25, 0.3) is 0 Å². The number of hydrogen-bond donors (Lipinski definition) is 1. The van der Waals surface area contributed by atoms with Crippen molar-refractivity contribution in [1.82, 2.24) is 10.2 Å². The molecule has 2 saturated carbocycles. The number of rotatable bonds is 8. The molecule has 0 radical (unpaired) electrons. The molecule has 0 bridgehead atoms. The minimum Gasteiger partial charge on any atom is -0.310 e. The Kier molecular flexibility index (Phi) is 4.19. The lowest BCUT2D eigenvalue weighted by molar-refractivity contribution is 0.268. The summed E-state index contributed by atoms with van der Waals surface area (Å²) in [6, 6.07) is 9.98. The number of nitrogens with one attached hydrogen (secondary N) is 1. The molecule has 2 heteroatoms. The van der Waals surface area contributed by atoms with Gasteiger partial charge in [-0.25, -0.2) is 0 Å². The average molecular weight is 258 g/mol. The van der Waals surface area contributed by atoms with E-state index >= 15 is 0 Å². The molecule has 1 N–H and O–H groups in total. The van der Waals surface area contributed by atoms with Crippen LogP contribution in [0.4, 0.5) is 0 Å². The fourth-order valence-corrected chi connectivity index (χ4v) is 2.54. The minimum absolute atomic E-state index is 0.800. The Labute approximate surface area is 117 Å². The molecule has 1 aromatic rings. The molecular formula is C17H26N2. The number of hydrogen-bond acceptors (Lipinski definition) is 2. The second kappa shape index (κ2) is 6.06. The highest BCUT2D eigenvalue weighted by Gasteiger charge is 2.23. The molecule has 0 saturated heterocycles. The molecule has 2 aliphatic carbocycles. The predicted octanol–water partition coefficient (Wildman–Crippen LogP) is 3.17. The Hall–Kier alpha value is -0.860. The van der Waals surface area contributed by atoms with Gasteiger partial charge in [0.1, 0.15) is 0 Å². The van der Waals surface area contributed by atoms with E-state index in [0.717, 1.165) is 25.0 Å². The molecule has 1 aromatic carbocycles. The average Bonchev–Trinajstić information content (AvgIpc) is 3.32. The zero-order valence-electron chi connectivity index (χ0n) is 12.1. The maximum Gasteiger partial charge on any atom is 0.0233 e. The molecule has 0 unspecified atom stereocenters. The van der Waals surface area contributed by atoms with E-state index in [4.69, 9.17) is 0 Å². The summed E-state index contributed by atoms with van der Waals surface area (Å²) in [6.07, 6.45) is 5.62. The number of benzene rings is 1. The van der Waals surface area contributed by atoms with Crippen LogP contribution in [0, 0.1) is 5.92 Å². The molecule has 0 heterocycles. The van der Waals surface area contributed by atoms with Crippen molar-refractivity contribution in [2.24, 2.45) is 5.92 Å². The van der Waals surface area contributed by atoms with E-state index in [-0.39, 0.29) is 0 Å². The maximum atomic E-state index is 3.57. The van der Waals surface area contributed by atoms with Gasteiger partial charge >= 0.3 is 0 Å². The van der Waals surface area contributed by atoms with E-state index in [0.29, 0.717) is 0 Å². The minimum atomic E-state index is 0.800. The third-order valence-electron chi connectivity index (χ3n) is 4.26. The summed E-state index contributed by atoms with van der Waals surface area (Å²) in [5.41, 5.74) is 2.87. The highest BCUT2D eigenvalue weighted by atomic mass is 15.1. The summed E-state index contributed by atoms with van der Waals surface area (Å²) in [5, 5.41) is 3.57. The zero-order valence-corrected chi connectivity index (χ0v) is 12.1. The van der Waals surface area contributed by atoms with Gasteiger partial charge in [-0.1, -0.05) is 31.2 Å². The Morgan fingerprint density at radius 1 is 1.05 bits per heavy atom. The summed E-state index contributed by atoms with van der Waals surface area (Å²) in [7, 11) is 0. The summed E-state index contributed by atoms with van der Waals surface area (Å²) >= 11 is 0. The standard InChI is InChI=1S/C17H26N2/c1-2-19(13-16-7-8-16)12-15-5-3-14(4-6-15)11-18-17-9-10-17/h3-6,16-18H,2,7-13H2,1H3. The third kappa shape index (κ3) is 4.32. The largest absolute Gasteiger partial charge is 0.310 e. The molecular weight excluding hydrogens is 232 g/mol. The lowest BCUT2D eigenvalue weighted by atomic mass is 10.1. The molecule has 0 spiro atoms. The van der Waals surface area contributed by atoms with Crippen LogP contribution in [0.3, 0.4) is 0 Å². The monoisotopic (exact) mass is 258 g/mol. The van der Waals surface area contributed by atoms with Crippen LogP contribution in [-0.2, 0) is 13.1 Å². The highest BCUT2D eigenvalue weighted by Crippen LogP contribution is 2.30. The van der Waals surface area contributed by atoms with Gasteiger partial charge in [-0.05, 0) is 49.3 Å². The van der Waals surface area contributed by atoms with E-state index in [2.05, 4.69) is 41.4 Å². The normalized spacial score (nSPS) is 19.1. The molecule has 19 heavy (non-hydrogen) atoms.